The lowest BCUT2D eigenvalue weighted by molar-refractivity contribution is -0.140. The van der Waals surface area contributed by atoms with Crippen molar-refractivity contribution in [2.24, 2.45) is 0 Å². The number of morpholine rings is 1. The summed E-state index contributed by atoms with van der Waals surface area (Å²) in [6, 6.07) is 9.79. The van der Waals surface area contributed by atoms with Gasteiger partial charge in [-0.05, 0) is 36.2 Å². The highest BCUT2D eigenvalue weighted by Crippen LogP contribution is 2.40. The lowest BCUT2D eigenvalue weighted by Gasteiger charge is -2.29. The number of methoxy groups -OCH3 is 1. The molecule has 2 saturated heterocycles. The van der Waals surface area contributed by atoms with Crippen LogP contribution < -0.4 is 4.74 Å². The molecular weight excluding hydrogens is 410 g/mol. The van der Waals surface area contributed by atoms with Gasteiger partial charge in [0.25, 0.3) is 11.7 Å². The zero-order valence-electron chi connectivity index (χ0n) is 18.1. The normalized spacial score (nSPS) is 21.2. The Morgan fingerprint density at radius 1 is 1.16 bits per heavy atom. The van der Waals surface area contributed by atoms with Gasteiger partial charge >= 0.3 is 0 Å². The molecule has 0 saturated carbocycles. The topological polar surface area (TPSA) is 92.2 Å². The summed E-state index contributed by atoms with van der Waals surface area (Å²) in [7, 11) is 1.56. The van der Waals surface area contributed by atoms with E-state index in [1.165, 1.54) is 12.4 Å². The number of amides is 1. The SMILES string of the molecule is COc1cccc([C@@H]2C(=C(O)c3ccncc3)C(=O)C(=O)N2CCCN2CCOCC2)c1. The summed E-state index contributed by atoms with van der Waals surface area (Å²) in [5.41, 5.74) is 1.24. The van der Waals surface area contributed by atoms with Crippen LogP contribution in [-0.2, 0) is 14.3 Å². The van der Waals surface area contributed by atoms with Crippen molar-refractivity contribution >= 4 is 17.4 Å². The number of pyridine rings is 1. The summed E-state index contributed by atoms with van der Waals surface area (Å²) in [6.07, 6.45) is 3.78. The smallest absolute Gasteiger partial charge is 0.295 e. The molecule has 0 bridgehead atoms. The quantitative estimate of drug-likeness (QED) is 0.403. The largest absolute Gasteiger partial charge is 0.507 e. The number of benzene rings is 1. The zero-order valence-corrected chi connectivity index (χ0v) is 18.1. The number of nitrogens with zero attached hydrogens (tertiary/aromatic N) is 3. The van der Waals surface area contributed by atoms with Crippen LogP contribution in [0.4, 0.5) is 0 Å². The lowest BCUT2D eigenvalue weighted by Crippen LogP contribution is -2.38. The number of likely N-dealkylation sites (tertiary alicyclic amines) is 1. The minimum atomic E-state index is -0.692. The van der Waals surface area contributed by atoms with Gasteiger partial charge in [0.05, 0.1) is 31.9 Å². The standard InChI is InChI=1S/C24H27N3O5/c1-31-19-5-2-4-18(16-19)21-20(22(28)17-6-8-25-9-7-17)23(29)24(30)27(21)11-3-10-26-12-14-32-15-13-26/h2,4-9,16,21,28H,3,10-15H2,1H3/t21-/m1/s1. The van der Waals surface area contributed by atoms with Gasteiger partial charge in [-0.3, -0.25) is 19.5 Å². The molecule has 2 aliphatic heterocycles. The molecule has 2 aromatic rings. The Morgan fingerprint density at radius 3 is 2.62 bits per heavy atom. The van der Waals surface area contributed by atoms with Crippen LogP contribution in [0.25, 0.3) is 5.76 Å². The Hall–Kier alpha value is -3.23. The predicted molar refractivity (Wildman–Crippen MR) is 118 cm³/mol. The fourth-order valence-corrected chi connectivity index (χ4v) is 4.22. The van der Waals surface area contributed by atoms with Crippen molar-refractivity contribution in [2.75, 3.05) is 46.5 Å². The van der Waals surface area contributed by atoms with Crippen molar-refractivity contribution < 1.29 is 24.2 Å². The van der Waals surface area contributed by atoms with Crippen LogP contribution in [0.15, 0.2) is 54.4 Å². The maximum Gasteiger partial charge on any atom is 0.295 e. The van der Waals surface area contributed by atoms with Gasteiger partial charge in [-0.15, -0.1) is 0 Å². The van der Waals surface area contributed by atoms with Gasteiger partial charge in [0.15, 0.2) is 0 Å². The van der Waals surface area contributed by atoms with Gasteiger partial charge in [-0.25, -0.2) is 0 Å². The third-order valence-electron chi connectivity index (χ3n) is 5.88. The molecule has 0 aliphatic carbocycles. The van der Waals surface area contributed by atoms with Crippen LogP contribution in [0.1, 0.15) is 23.6 Å². The van der Waals surface area contributed by atoms with Crippen LogP contribution in [0.3, 0.4) is 0 Å². The summed E-state index contributed by atoms with van der Waals surface area (Å²) >= 11 is 0. The van der Waals surface area contributed by atoms with E-state index in [1.54, 1.807) is 36.3 Å². The molecule has 0 spiro atoms. The van der Waals surface area contributed by atoms with Gasteiger partial charge in [0.2, 0.25) is 0 Å². The first kappa shape index (κ1) is 22.0. The van der Waals surface area contributed by atoms with Gasteiger partial charge < -0.3 is 19.5 Å². The Balaban J connectivity index is 1.67. The van der Waals surface area contributed by atoms with Crippen molar-refractivity contribution in [3.8, 4) is 5.75 Å². The van der Waals surface area contributed by atoms with Gasteiger partial charge in [0.1, 0.15) is 11.5 Å². The second-order valence-corrected chi connectivity index (χ2v) is 7.81. The van der Waals surface area contributed by atoms with Crippen LogP contribution in [0.2, 0.25) is 0 Å². The number of carbonyl (C=O) groups is 2. The molecule has 8 heteroatoms. The van der Waals surface area contributed by atoms with Gasteiger partial charge in [-0.2, -0.15) is 0 Å². The second-order valence-electron chi connectivity index (χ2n) is 7.81. The number of rotatable bonds is 7. The number of hydrogen-bond acceptors (Lipinski definition) is 7. The molecule has 3 heterocycles. The van der Waals surface area contributed by atoms with E-state index in [0.29, 0.717) is 43.1 Å². The third kappa shape index (κ3) is 4.51. The minimum Gasteiger partial charge on any atom is -0.507 e. The van der Waals surface area contributed by atoms with Gasteiger partial charge in [-0.1, -0.05) is 12.1 Å². The number of hydrogen-bond donors (Lipinski definition) is 1. The van der Waals surface area contributed by atoms with E-state index in [9.17, 15) is 14.7 Å². The average Bonchev–Trinajstić information content (AvgIpc) is 3.10. The van der Waals surface area contributed by atoms with Crippen LogP contribution in [-0.4, -0.2) is 78.1 Å². The monoisotopic (exact) mass is 437 g/mol. The molecule has 2 fully saturated rings. The predicted octanol–water partition coefficient (Wildman–Crippen LogP) is 2.23. The molecule has 1 amide bonds. The van der Waals surface area contributed by atoms with Crippen molar-refractivity contribution in [2.45, 2.75) is 12.5 Å². The van der Waals surface area contributed by atoms with E-state index in [1.807, 2.05) is 12.1 Å². The summed E-state index contributed by atoms with van der Waals surface area (Å²) in [6.45, 7) is 4.35. The minimum absolute atomic E-state index is 0.0841. The molecule has 0 radical (unpaired) electrons. The summed E-state index contributed by atoms with van der Waals surface area (Å²) in [4.78, 5) is 33.9. The summed E-state index contributed by atoms with van der Waals surface area (Å²) in [5.74, 6) is -0.867. The molecule has 32 heavy (non-hydrogen) atoms. The van der Waals surface area contributed by atoms with E-state index in [-0.39, 0.29) is 11.3 Å². The molecule has 2 aliphatic rings. The van der Waals surface area contributed by atoms with Crippen LogP contribution in [0, 0.1) is 0 Å². The molecule has 1 aromatic carbocycles. The van der Waals surface area contributed by atoms with E-state index in [4.69, 9.17) is 9.47 Å². The van der Waals surface area contributed by atoms with Crippen molar-refractivity contribution in [1.82, 2.24) is 14.8 Å². The number of carbonyl (C=O) groups excluding carboxylic acids is 2. The maximum absolute atomic E-state index is 13.1. The third-order valence-corrected chi connectivity index (χ3v) is 5.88. The fourth-order valence-electron chi connectivity index (χ4n) is 4.22. The van der Waals surface area contributed by atoms with E-state index in [2.05, 4.69) is 9.88 Å². The molecule has 4 rings (SSSR count). The highest BCUT2D eigenvalue weighted by molar-refractivity contribution is 6.46. The van der Waals surface area contributed by atoms with Crippen LogP contribution >= 0.6 is 0 Å². The number of ether oxygens (including phenoxy) is 2. The second kappa shape index (κ2) is 9.93. The number of aliphatic hydroxyl groups is 1. The molecule has 1 N–H and O–H groups in total. The highest BCUT2D eigenvalue weighted by atomic mass is 16.5. The fraction of sp³-hybridized carbons (Fsp3) is 0.375. The highest BCUT2D eigenvalue weighted by Gasteiger charge is 2.45. The number of ketones is 1. The Morgan fingerprint density at radius 2 is 1.91 bits per heavy atom. The Kier molecular flexibility index (Phi) is 6.82. The maximum atomic E-state index is 13.1. The van der Waals surface area contributed by atoms with E-state index < -0.39 is 17.7 Å². The zero-order chi connectivity index (χ0) is 22.5. The summed E-state index contributed by atoms with van der Waals surface area (Å²) in [5, 5.41) is 11.0. The first-order valence-electron chi connectivity index (χ1n) is 10.7. The Bertz CT molecular complexity index is 1000. The molecule has 1 aromatic heterocycles. The van der Waals surface area contributed by atoms with E-state index >= 15 is 0 Å². The molecule has 1 atom stereocenters. The van der Waals surface area contributed by atoms with E-state index in [0.717, 1.165) is 19.6 Å². The van der Waals surface area contributed by atoms with Crippen LogP contribution in [0.5, 0.6) is 5.75 Å². The van der Waals surface area contributed by atoms with Crippen molar-refractivity contribution in [3.05, 3.63) is 65.5 Å². The molecular formula is C24H27N3O5. The number of aliphatic hydroxyl groups excluding tert-OH is 1. The molecule has 8 nitrogen and oxygen atoms in total. The summed E-state index contributed by atoms with van der Waals surface area (Å²) < 4.78 is 10.7. The number of aromatic nitrogens is 1. The Labute approximate surface area is 187 Å². The number of Topliss-reactive ketones (excluding diaryl/α,β-unsaturated/α-hetero) is 1. The van der Waals surface area contributed by atoms with Gasteiger partial charge in [0, 0.05) is 44.1 Å². The average molecular weight is 437 g/mol. The van der Waals surface area contributed by atoms with Crippen molar-refractivity contribution in [1.29, 1.82) is 0 Å². The molecule has 168 valence electrons. The van der Waals surface area contributed by atoms with Crippen molar-refractivity contribution in [3.63, 3.8) is 0 Å². The first-order chi connectivity index (χ1) is 15.6. The molecule has 0 unspecified atom stereocenters. The first-order valence-corrected chi connectivity index (χ1v) is 10.7. The lowest BCUT2D eigenvalue weighted by atomic mass is 9.95.